The highest BCUT2D eigenvalue weighted by Crippen LogP contribution is 2.33. The third-order valence-corrected chi connectivity index (χ3v) is 6.51. The maximum atomic E-state index is 13.3. The summed E-state index contributed by atoms with van der Waals surface area (Å²) < 4.78 is 80.8. The van der Waals surface area contributed by atoms with Crippen molar-refractivity contribution in [3.05, 3.63) is 106 Å². The zero-order chi connectivity index (χ0) is 27.5. The van der Waals surface area contributed by atoms with Gasteiger partial charge in [0, 0.05) is 10.8 Å². The summed E-state index contributed by atoms with van der Waals surface area (Å²) in [5.74, 6) is -0.665. The lowest BCUT2D eigenvalue weighted by Crippen LogP contribution is -2.27. The van der Waals surface area contributed by atoms with E-state index in [1.54, 1.807) is 30.3 Å². The summed E-state index contributed by atoms with van der Waals surface area (Å²) in [5.41, 5.74) is -1.52. The molecule has 0 aliphatic rings. The molecular formula is C25H17ClF6N4OS. The molecule has 1 amide bonds. The minimum Gasteiger partial charge on any atom is -0.345 e. The van der Waals surface area contributed by atoms with E-state index in [-0.39, 0.29) is 23.3 Å². The van der Waals surface area contributed by atoms with E-state index < -0.39 is 35.0 Å². The number of amides is 1. The van der Waals surface area contributed by atoms with Crippen LogP contribution in [0.25, 0.3) is 5.69 Å². The van der Waals surface area contributed by atoms with Gasteiger partial charge in [0.2, 0.25) is 0 Å². The van der Waals surface area contributed by atoms with Gasteiger partial charge >= 0.3 is 12.4 Å². The van der Waals surface area contributed by atoms with Crippen molar-refractivity contribution in [3.8, 4) is 5.69 Å². The maximum absolute atomic E-state index is 13.3. The van der Waals surface area contributed by atoms with Crippen LogP contribution in [-0.2, 0) is 24.7 Å². The maximum Gasteiger partial charge on any atom is 0.417 e. The van der Waals surface area contributed by atoms with Gasteiger partial charge in [0.05, 0.1) is 28.9 Å². The average Bonchev–Trinajstić information content (AvgIpc) is 3.28. The van der Waals surface area contributed by atoms with E-state index in [0.29, 0.717) is 16.3 Å². The number of hydrogen-bond donors (Lipinski definition) is 1. The fourth-order valence-corrected chi connectivity index (χ4v) is 4.65. The second kappa shape index (κ2) is 11.1. The van der Waals surface area contributed by atoms with Gasteiger partial charge in [-0.15, -0.1) is 10.2 Å². The number of carbonyl (C=O) groups is 1. The third-order valence-electron chi connectivity index (χ3n) is 5.27. The van der Waals surface area contributed by atoms with Crippen molar-refractivity contribution in [1.29, 1.82) is 0 Å². The first-order valence-corrected chi connectivity index (χ1v) is 12.2. The Labute approximate surface area is 221 Å². The molecular weight excluding hydrogens is 554 g/mol. The Balaban J connectivity index is 1.60. The van der Waals surface area contributed by atoms with Crippen LogP contribution in [0.1, 0.15) is 32.9 Å². The van der Waals surface area contributed by atoms with Crippen LogP contribution in [0.3, 0.4) is 0 Å². The second-order valence-corrected chi connectivity index (χ2v) is 9.31. The van der Waals surface area contributed by atoms with Gasteiger partial charge in [-0.1, -0.05) is 59.8 Å². The predicted octanol–water partition coefficient (Wildman–Crippen LogP) is 7.18. The van der Waals surface area contributed by atoms with E-state index >= 15 is 0 Å². The van der Waals surface area contributed by atoms with Crippen molar-refractivity contribution >= 4 is 29.3 Å². The van der Waals surface area contributed by atoms with E-state index in [4.69, 9.17) is 11.6 Å². The van der Waals surface area contributed by atoms with Crippen LogP contribution in [-0.4, -0.2) is 20.7 Å². The van der Waals surface area contributed by atoms with Crippen LogP contribution in [0.4, 0.5) is 26.3 Å². The van der Waals surface area contributed by atoms with E-state index in [0.717, 1.165) is 36.0 Å². The van der Waals surface area contributed by atoms with Crippen LogP contribution in [0, 0.1) is 0 Å². The molecule has 0 bridgehead atoms. The quantitative estimate of drug-likeness (QED) is 0.189. The van der Waals surface area contributed by atoms with Gasteiger partial charge < -0.3 is 5.32 Å². The van der Waals surface area contributed by atoms with Crippen LogP contribution in [0.5, 0.6) is 0 Å². The van der Waals surface area contributed by atoms with Crippen molar-refractivity contribution in [2.75, 3.05) is 0 Å². The van der Waals surface area contributed by atoms with E-state index in [2.05, 4.69) is 15.5 Å². The number of nitrogens with zero attached hydrogens (tertiary/aromatic N) is 3. The molecule has 4 rings (SSSR count). The molecule has 0 radical (unpaired) electrons. The summed E-state index contributed by atoms with van der Waals surface area (Å²) in [6.07, 6.45) is -9.21. The van der Waals surface area contributed by atoms with E-state index in [1.807, 2.05) is 0 Å². The second-order valence-electron chi connectivity index (χ2n) is 7.93. The molecule has 1 N–H and O–H groups in total. The highest BCUT2D eigenvalue weighted by atomic mass is 35.5. The number of benzene rings is 3. The molecule has 0 atom stereocenters. The highest BCUT2D eigenvalue weighted by Gasteiger charge is 2.35. The zero-order valence-electron chi connectivity index (χ0n) is 19.1. The van der Waals surface area contributed by atoms with E-state index in [9.17, 15) is 31.1 Å². The summed E-state index contributed by atoms with van der Waals surface area (Å²) in [6.45, 7) is -0.283. The Morgan fingerprint density at radius 2 is 1.63 bits per heavy atom. The fourth-order valence-electron chi connectivity index (χ4n) is 3.55. The number of thioether (sulfide) groups is 1. The summed E-state index contributed by atoms with van der Waals surface area (Å²) in [7, 11) is 0. The molecule has 0 spiro atoms. The monoisotopic (exact) mass is 570 g/mol. The zero-order valence-corrected chi connectivity index (χ0v) is 20.7. The summed E-state index contributed by atoms with van der Waals surface area (Å²) in [5, 5.41) is 11.2. The van der Waals surface area contributed by atoms with Crippen LogP contribution >= 0.6 is 23.4 Å². The lowest BCUT2D eigenvalue weighted by atomic mass is 10.1. The number of hydrogen-bond acceptors (Lipinski definition) is 4. The minimum absolute atomic E-state index is 0.119. The predicted molar refractivity (Wildman–Crippen MR) is 130 cm³/mol. The third kappa shape index (κ3) is 6.48. The molecule has 0 aliphatic heterocycles. The van der Waals surface area contributed by atoms with Gasteiger partial charge in [-0.2, -0.15) is 26.3 Å². The molecule has 4 aromatic rings. The molecule has 38 heavy (non-hydrogen) atoms. The summed E-state index contributed by atoms with van der Waals surface area (Å²) in [6, 6.07) is 15.8. The number of rotatable bonds is 7. The first-order chi connectivity index (χ1) is 17.9. The topological polar surface area (TPSA) is 59.8 Å². The van der Waals surface area contributed by atoms with Crippen LogP contribution in [0.15, 0.2) is 78.0 Å². The number of halogens is 7. The largest absolute Gasteiger partial charge is 0.417 e. The molecule has 1 aromatic heterocycles. The molecule has 0 unspecified atom stereocenters. The fraction of sp³-hybridized carbons (Fsp3) is 0.160. The number of carbonyl (C=O) groups excluding carboxylic acids is 1. The molecule has 3 aromatic carbocycles. The van der Waals surface area contributed by atoms with Gasteiger partial charge in [0.1, 0.15) is 0 Å². The van der Waals surface area contributed by atoms with E-state index in [1.165, 1.54) is 22.8 Å². The number of nitrogens with one attached hydrogen (secondary N) is 1. The summed E-state index contributed by atoms with van der Waals surface area (Å²) >= 11 is 7.22. The Kier molecular flexibility index (Phi) is 8.02. The molecule has 1 heterocycles. The van der Waals surface area contributed by atoms with Crippen molar-refractivity contribution in [2.45, 2.75) is 29.8 Å². The Morgan fingerprint density at radius 1 is 0.895 bits per heavy atom. The highest BCUT2D eigenvalue weighted by molar-refractivity contribution is 7.98. The smallest absolute Gasteiger partial charge is 0.345 e. The Morgan fingerprint density at radius 3 is 2.34 bits per heavy atom. The molecule has 0 aliphatic carbocycles. The number of alkyl halides is 6. The molecule has 0 saturated heterocycles. The SMILES string of the molecule is O=C(NCc1nnc(SCc2cccc(C(F)(F)F)c2)n1-c1cccc(Cl)c1)c1ccccc1C(F)(F)F. The lowest BCUT2D eigenvalue weighted by Gasteiger charge is -2.14. The van der Waals surface area contributed by atoms with Gasteiger partial charge in [-0.3, -0.25) is 9.36 Å². The Hall–Kier alpha value is -3.51. The van der Waals surface area contributed by atoms with Gasteiger partial charge in [0.15, 0.2) is 11.0 Å². The van der Waals surface area contributed by atoms with Crippen molar-refractivity contribution < 1.29 is 31.1 Å². The summed E-state index contributed by atoms with van der Waals surface area (Å²) in [4.78, 5) is 12.6. The first-order valence-electron chi connectivity index (χ1n) is 10.9. The molecule has 198 valence electrons. The first kappa shape index (κ1) is 27.5. The normalized spacial score (nSPS) is 12.0. The molecule has 0 saturated carbocycles. The Bertz CT molecular complexity index is 1450. The molecule has 13 heteroatoms. The molecule has 0 fully saturated rings. The average molecular weight is 571 g/mol. The minimum atomic E-state index is -4.72. The van der Waals surface area contributed by atoms with Gasteiger partial charge in [0.25, 0.3) is 5.91 Å². The van der Waals surface area contributed by atoms with Crippen LogP contribution in [0.2, 0.25) is 5.02 Å². The number of aromatic nitrogens is 3. The lowest BCUT2D eigenvalue weighted by molar-refractivity contribution is -0.138. The van der Waals surface area contributed by atoms with Gasteiger partial charge in [-0.25, -0.2) is 0 Å². The van der Waals surface area contributed by atoms with Crippen LogP contribution < -0.4 is 5.32 Å². The van der Waals surface area contributed by atoms with Crippen molar-refractivity contribution in [1.82, 2.24) is 20.1 Å². The van der Waals surface area contributed by atoms with Crippen molar-refractivity contribution in [3.63, 3.8) is 0 Å². The van der Waals surface area contributed by atoms with Gasteiger partial charge in [-0.05, 0) is 42.0 Å². The molecule has 5 nitrogen and oxygen atoms in total. The standard InChI is InChI=1S/C25H17ClF6N4OS/c26-17-7-4-8-18(12-17)36-21(13-33-22(37)19-9-1-2-10-20(19)25(30,31)32)34-35-23(36)38-14-15-5-3-6-16(11-15)24(27,28)29/h1-12H,13-14H2,(H,33,37). The van der Waals surface area contributed by atoms with Crippen molar-refractivity contribution in [2.24, 2.45) is 0 Å².